The number of aliphatic carboxylic acids is 1. The van der Waals surface area contributed by atoms with Crippen LogP contribution in [0.5, 0.6) is 0 Å². The number of terminal acetylenes is 1. The Kier molecular flexibility index (Phi) is 6.11. The first kappa shape index (κ1) is 20.3. The van der Waals surface area contributed by atoms with Crippen molar-refractivity contribution >= 4 is 23.7 Å². The zero-order valence-corrected chi connectivity index (χ0v) is 15.7. The van der Waals surface area contributed by atoms with E-state index in [0.717, 1.165) is 0 Å². The number of anilines is 1. The normalized spacial score (nSPS) is 19.7. The first-order valence-electron chi connectivity index (χ1n) is 8.69. The highest BCUT2D eigenvalue weighted by Gasteiger charge is 2.38. The van der Waals surface area contributed by atoms with Crippen molar-refractivity contribution in [3.05, 3.63) is 29.8 Å². The van der Waals surface area contributed by atoms with Crippen LogP contribution in [-0.4, -0.2) is 46.7 Å². The van der Waals surface area contributed by atoms with Crippen LogP contribution in [0.2, 0.25) is 0 Å². The van der Waals surface area contributed by atoms with Crippen LogP contribution >= 0.6 is 0 Å². The van der Waals surface area contributed by atoms with E-state index in [0.29, 0.717) is 24.2 Å². The van der Waals surface area contributed by atoms with E-state index >= 15 is 0 Å². The Hall–Kier alpha value is -3.01. The molecule has 1 aromatic rings. The summed E-state index contributed by atoms with van der Waals surface area (Å²) in [7, 11) is 0. The molecule has 0 aliphatic carbocycles. The number of carbonyl (C=O) groups excluding carboxylic acids is 2. The fraction of sp³-hybridized carbons (Fsp3) is 0.450. The molecule has 2 amide bonds. The van der Waals surface area contributed by atoms with Crippen LogP contribution in [0.3, 0.4) is 0 Å². The molecule has 27 heavy (non-hydrogen) atoms. The lowest BCUT2D eigenvalue weighted by atomic mass is 9.80. The van der Waals surface area contributed by atoms with Crippen LogP contribution in [0.15, 0.2) is 24.3 Å². The summed E-state index contributed by atoms with van der Waals surface area (Å²) in [6.45, 7) is 5.88. The van der Waals surface area contributed by atoms with Gasteiger partial charge in [-0.25, -0.2) is 4.79 Å². The summed E-state index contributed by atoms with van der Waals surface area (Å²) in [6, 6.07) is 6.86. The molecular weight excluding hydrogens is 348 g/mol. The number of hydrogen-bond acceptors (Lipinski definition) is 4. The van der Waals surface area contributed by atoms with E-state index in [2.05, 4.69) is 5.32 Å². The Morgan fingerprint density at radius 1 is 1.33 bits per heavy atom. The summed E-state index contributed by atoms with van der Waals surface area (Å²) < 4.78 is 5.41. The number of carboxylic acid groups (broad SMARTS) is 1. The molecule has 1 saturated heterocycles. The quantitative estimate of drug-likeness (QED) is 0.796. The van der Waals surface area contributed by atoms with Gasteiger partial charge in [-0.2, -0.15) is 0 Å². The van der Waals surface area contributed by atoms with Gasteiger partial charge in [0.2, 0.25) is 0 Å². The lowest BCUT2D eigenvalue weighted by Gasteiger charge is -2.37. The minimum Gasteiger partial charge on any atom is -0.481 e. The number of hydrogen-bond donors (Lipinski definition) is 2. The molecule has 0 aromatic heterocycles. The summed E-state index contributed by atoms with van der Waals surface area (Å²) >= 11 is 0. The van der Waals surface area contributed by atoms with Gasteiger partial charge in [-0.3, -0.25) is 9.59 Å². The predicted octanol–water partition coefficient (Wildman–Crippen LogP) is 2.68. The van der Waals surface area contributed by atoms with Gasteiger partial charge >= 0.3 is 12.1 Å². The smallest absolute Gasteiger partial charge is 0.410 e. The maximum Gasteiger partial charge on any atom is 0.410 e. The summed E-state index contributed by atoms with van der Waals surface area (Å²) in [4.78, 5) is 37.1. The zero-order valence-electron chi connectivity index (χ0n) is 15.7. The molecule has 1 aliphatic heterocycles. The molecule has 0 saturated carbocycles. The SMILES string of the molecule is C#CC(=O)Nc1cccc(C2CN(C(=O)OC(C)(C)C)CCC2C(=O)O)c1. The van der Waals surface area contributed by atoms with Crippen molar-refractivity contribution in [3.8, 4) is 12.3 Å². The van der Waals surface area contributed by atoms with Gasteiger partial charge in [0.15, 0.2) is 0 Å². The molecule has 7 heteroatoms. The zero-order chi connectivity index (χ0) is 20.2. The predicted molar refractivity (Wildman–Crippen MR) is 100 cm³/mol. The average molecular weight is 372 g/mol. The number of ether oxygens (including phenoxy) is 1. The third-order valence-corrected chi connectivity index (χ3v) is 4.29. The number of amides is 2. The lowest BCUT2D eigenvalue weighted by molar-refractivity contribution is -0.144. The monoisotopic (exact) mass is 372 g/mol. The van der Waals surface area contributed by atoms with Crippen molar-refractivity contribution in [2.75, 3.05) is 18.4 Å². The van der Waals surface area contributed by atoms with E-state index in [1.54, 1.807) is 45.0 Å². The van der Waals surface area contributed by atoms with Gasteiger partial charge < -0.3 is 20.1 Å². The van der Waals surface area contributed by atoms with Crippen LogP contribution in [0.25, 0.3) is 0 Å². The topological polar surface area (TPSA) is 95.9 Å². The number of piperidine rings is 1. The minimum absolute atomic E-state index is 0.221. The number of nitrogens with zero attached hydrogens (tertiary/aromatic N) is 1. The Morgan fingerprint density at radius 3 is 2.63 bits per heavy atom. The number of benzene rings is 1. The van der Waals surface area contributed by atoms with Gasteiger partial charge in [-0.1, -0.05) is 12.1 Å². The molecule has 2 rings (SSSR count). The number of nitrogens with one attached hydrogen (secondary N) is 1. The standard InChI is InChI=1S/C20H24N2O5/c1-5-17(23)21-14-8-6-7-13(11-14)16-12-22(10-9-15(16)18(24)25)19(26)27-20(2,3)4/h1,6-8,11,15-16H,9-10,12H2,2-4H3,(H,21,23)(H,24,25). The first-order chi connectivity index (χ1) is 12.6. The first-order valence-corrected chi connectivity index (χ1v) is 8.69. The number of carboxylic acids is 1. The van der Waals surface area contributed by atoms with E-state index in [9.17, 15) is 19.5 Å². The van der Waals surface area contributed by atoms with Crippen molar-refractivity contribution in [1.82, 2.24) is 4.90 Å². The summed E-state index contributed by atoms with van der Waals surface area (Å²) in [5.41, 5.74) is 0.565. The molecule has 1 fully saturated rings. The Balaban J connectivity index is 2.26. The number of rotatable bonds is 3. The Morgan fingerprint density at radius 2 is 2.04 bits per heavy atom. The van der Waals surface area contributed by atoms with Gasteiger partial charge in [0.25, 0.3) is 5.91 Å². The molecule has 0 spiro atoms. The van der Waals surface area contributed by atoms with Gasteiger partial charge in [0, 0.05) is 24.7 Å². The van der Waals surface area contributed by atoms with Crippen LogP contribution in [0.4, 0.5) is 10.5 Å². The third kappa shape index (κ3) is 5.48. The second kappa shape index (κ2) is 8.12. The molecule has 1 aliphatic rings. The van der Waals surface area contributed by atoms with Crippen molar-refractivity contribution in [2.24, 2.45) is 5.92 Å². The fourth-order valence-corrected chi connectivity index (χ4v) is 3.09. The van der Waals surface area contributed by atoms with Gasteiger partial charge in [0.05, 0.1) is 5.92 Å². The van der Waals surface area contributed by atoms with E-state index in [1.807, 2.05) is 5.92 Å². The molecular formula is C20H24N2O5. The molecule has 0 bridgehead atoms. The number of carbonyl (C=O) groups is 3. The molecule has 0 radical (unpaired) electrons. The van der Waals surface area contributed by atoms with E-state index < -0.39 is 35.4 Å². The van der Waals surface area contributed by atoms with Crippen molar-refractivity contribution in [2.45, 2.75) is 38.7 Å². The summed E-state index contributed by atoms with van der Waals surface area (Å²) in [5.74, 6) is -0.589. The van der Waals surface area contributed by atoms with Crippen LogP contribution in [0, 0.1) is 18.3 Å². The third-order valence-electron chi connectivity index (χ3n) is 4.29. The minimum atomic E-state index is -0.915. The largest absolute Gasteiger partial charge is 0.481 e. The molecule has 144 valence electrons. The van der Waals surface area contributed by atoms with Crippen LogP contribution in [0.1, 0.15) is 38.7 Å². The second-order valence-corrected chi connectivity index (χ2v) is 7.49. The molecule has 2 atom stereocenters. The van der Waals surface area contributed by atoms with Gasteiger partial charge in [0.1, 0.15) is 5.60 Å². The molecule has 1 aromatic carbocycles. The highest BCUT2D eigenvalue weighted by Crippen LogP contribution is 2.34. The van der Waals surface area contributed by atoms with E-state index in [4.69, 9.17) is 11.2 Å². The maximum absolute atomic E-state index is 12.4. The molecule has 1 heterocycles. The number of likely N-dealkylation sites (tertiary alicyclic amines) is 1. The average Bonchev–Trinajstić information content (AvgIpc) is 2.59. The lowest BCUT2D eigenvalue weighted by Crippen LogP contribution is -2.46. The van der Waals surface area contributed by atoms with E-state index in [1.165, 1.54) is 4.90 Å². The Labute approximate surface area is 158 Å². The van der Waals surface area contributed by atoms with E-state index in [-0.39, 0.29) is 6.54 Å². The molecule has 2 unspecified atom stereocenters. The van der Waals surface area contributed by atoms with Crippen molar-refractivity contribution < 1.29 is 24.2 Å². The Bertz CT molecular complexity index is 775. The second-order valence-electron chi connectivity index (χ2n) is 7.49. The van der Waals surface area contributed by atoms with Crippen molar-refractivity contribution in [1.29, 1.82) is 0 Å². The summed E-state index contributed by atoms with van der Waals surface area (Å²) in [5, 5.41) is 12.2. The molecule has 2 N–H and O–H groups in total. The van der Waals surface area contributed by atoms with Crippen LogP contribution in [-0.2, 0) is 14.3 Å². The highest BCUT2D eigenvalue weighted by molar-refractivity contribution is 6.03. The highest BCUT2D eigenvalue weighted by atomic mass is 16.6. The van der Waals surface area contributed by atoms with Gasteiger partial charge in [-0.05, 0) is 50.8 Å². The van der Waals surface area contributed by atoms with Gasteiger partial charge in [-0.15, -0.1) is 6.42 Å². The maximum atomic E-state index is 12.4. The van der Waals surface area contributed by atoms with Crippen molar-refractivity contribution in [3.63, 3.8) is 0 Å². The summed E-state index contributed by atoms with van der Waals surface area (Å²) in [6.07, 6.45) is 4.92. The van der Waals surface area contributed by atoms with Crippen LogP contribution < -0.4 is 5.32 Å². The molecule has 7 nitrogen and oxygen atoms in total. The fourth-order valence-electron chi connectivity index (χ4n) is 3.09.